The Labute approximate surface area is 157 Å². The molecule has 26 heavy (non-hydrogen) atoms. The van der Waals surface area contributed by atoms with Crippen LogP contribution in [0.2, 0.25) is 0 Å². The van der Waals surface area contributed by atoms with Crippen molar-refractivity contribution in [1.29, 1.82) is 5.41 Å². The van der Waals surface area contributed by atoms with Crippen molar-refractivity contribution < 1.29 is 4.21 Å². The van der Waals surface area contributed by atoms with Gasteiger partial charge in [-0.1, -0.05) is 12.1 Å². The molecule has 0 aliphatic carbocycles. The lowest BCUT2D eigenvalue weighted by Gasteiger charge is -2.33. The molecule has 6 heteroatoms. The van der Waals surface area contributed by atoms with Gasteiger partial charge in [-0.05, 0) is 55.3 Å². The normalized spacial score (nSPS) is 19.0. The summed E-state index contributed by atoms with van der Waals surface area (Å²) in [4.78, 5) is 3.32. The Hall–Kier alpha value is -2.18. The molecular weight excluding hydrogens is 344 g/mol. The number of hydrogen-bond donors (Lipinski definition) is 3. The van der Waals surface area contributed by atoms with E-state index in [-0.39, 0.29) is 0 Å². The van der Waals surface area contributed by atoms with E-state index in [4.69, 9.17) is 11.1 Å². The molecule has 138 valence electrons. The van der Waals surface area contributed by atoms with Crippen molar-refractivity contribution in [1.82, 2.24) is 4.90 Å². The molecule has 3 rings (SSSR count). The summed E-state index contributed by atoms with van der Waals surface area (Å²) in [6.07, 6.45) is 5.27. The molecule has 0 spiro atoms. The molecule has 1 fully saturated rings. The van der Waals surface area contributed by atoms with Gasteiger partial charge in [-0.2, -0.15) is 0 Å². The lowest BCUT2D eigenvalue weighted by Crippen LogP contribution is -2.41. The number of rotatable bonds is 6. The van der Waals surface area contributed by atoms with Crippen molar-refractivity contribution >= 4 is 28.4 Å². The quantitative estimate of drug-likeness (QED) is 0.539. The fourth-order valence-corrected chi connectivity index (χ4v) is 4.01. The zero-order chi connectivity index (χ0) is 18.5. The Bertz CT molecular complexity index is 808. The predicted octanol–water partition coefficient (Wildman–Crippen LogP) is 3.08. The van der Waals surface area contributed by atoms with E-state index in [0.29, 0.717) is 11.7 Å². The number of likely N-dealkylation sites (tertiary alicyclic amines) is 1. The SMILES string of the molecule is CS(=O)c1cccc(CN2CCCC(Nc3ccc(N)c(C=N)c3)C2)c1. The highest BCUT2D eigenvalue weighted by molar-refractivity contribution is 7.84. The summed E-state index contributed by atoms with van der Waals surface area (Å²) in [6.45, 7) is 2.91. The van der Waals surface area contributed by atoms with E-state index >= 15 is 0 Å². The van der Waals surface area contributed by atoms with Crippen LogP contribution in [0.5, 0.6) is 0 Å². The van der Waals surface area contributed by atoms with Gasteiger partial charge in [0.2, 0.25) is 0 Å². The minimum absolute atomic E-state index is 0.370. The number of nitrogens with two attached hydrogens (primary N) is 1. The van der Waals surface area contributed by atoms with Gasteiger partial charge in [0.05, 0.1) is 0 Å². The molecular formula is C20H26N4OS. The van der Waals surface area contributed by atoms with E-state index in [9.17, 15) is 4.21 Å². The average molecular weight is 371 g/mol. The van der Waals surface area contributed by atoms with Crippen molar-refractivity contribution in [2.24, 2.45) is 0 Å². The van der Waals surface area contributed by atoms with Crippen LogP contribution in [0.15, 0.2) is 47.4 Å². The van der Waals surface area contributed by atoms with Crippen LogP contribution in [0.25, 0.3) is 0 Å². The van der Waals surface area contributed by atoms with E-state index in [2.05, 4.69) is 16.3 Å². The third kappa shape index (κ3) is 4.71. The fraction of sp³-hybridized carbons (Fsp3) is 0.350. The molecule has 0 saturated carbocycles. The van der Waals surface area contributed by atoms with E-state index in [1.165, 1.54) is 11.8 Å². The van der Waals surface area contributed by atoms with Crippen LogP contribution >= 0.6 is 0 Å². The van der Waals surface area contributed by atoms with E-state index < -0.39 is 10.8 Å². The molecule has 0 radical (unpaired) electrons. The van der Waals surface area contributed by atoms with Crippen molar-refractivity contribution in [3.8, 4) is 0 Å². The molecule has 5 nitrogen and oxygen atoms in total. The first-order valence-electron chi connectivity index (χ1n) is 8.86. The van der Waals surface area contributed by atoms with E-state index in [1.807, 2.05) is 36.4 Å². The van der Waals surface area contributed by atoms with E-state index in [1.54, 1.807) is 6.26 Å². The maximum atomic E-state index is 11.7. The smallest absolute Gasteiger partial charge is 0.0498 e. The van der Waals surface area contributed by atoms with Gasteiger partial charge < -0.3 is 16.5 Å². The number of nitrogens with zero attached hydrogens (tertiary/aromatic N) is 1. The van der Waals surface area contributed by atoms with Gasteiger partial charge in [-0.15, -0.1) is 0 Å². The zero-order valence-electron chi connectivity index (χ0n) is 15.1. The summed E-state index contributed by atoms with van der Waals surface area (Å²) in [7, 11) is -0.944. The van der Waals surface area contributed by atoms with Crippen LogP contribution in [0, 0.1) is 5.41 Å². The van der Waals surface area contributed by atoms with Gasteiger partial charge in [-0.25, -0.2) is 0 Å². The molecule has 2 aromatic rings. The molecule has 1 aliphatic heterocycles. The van der Waals surface area contributed by atoms with Gasteiger partial charge >= 0.3 is 0 Å². The summed E-state index contributed by atoms with van der Waals surface area (Å²) in [5, 5.41) is 11.0. The summed E-state index contributed by atoms with van der Waals surface area (Å²) in [6, 6.07) is 14.2. The Kier molecular flexibility index (Phi) is 6.06. The number of nitrogen functional groups attached to an aromatic ring is 1. The molecule has 4 N–H and O–H groups in total. The molecule has 0 amide bonds. The first-order chi connectivity index (χ1) is 12.5. The fourth-order valence-electron chi connectivity index (χ4n) is 3.42. The molecule has 0 bridgehead atoms. The highest BCUT2D eigenvalue weighted by Gasteiger charge is 2.20. The van der Waals surface area contributed by atoms with Crippen LogP contribution < -0.4 is 11.1 Å². The maximum Gasteiger partial charge on any atom is 0.0498 e. The minimum atomic E-state index is -0.944. The van der Waals surface area contributed by atoms with Crippen molar-refractivity contribution in [2.75, 3.05) is 30.4 Å². The average Bonchev–Trinajstić information content (AvgIpc) is 2.64. The van der Waals surface area contributed by atoms with Gasteiger partial charge in [0.25, 0.3) is 0 Å². The minimum Gasteiger partial charge on any atom is -0.398 e. The standard InChI is InChI=1S/C20H26N4OS/c1-26(25)19-6-2-4-15(10-19)13-24-9-3-5-18(14-24)23-17-7-8-20(22)16(11-17)12-21/h2,4,6-8,10-12,18,21,23H,3,5,9,13-14,22H2,1H3. The van der Waals surface area contributed by atoms with Crippen LogP contribution in [-0.4, -0.2) is 40.7 Å². The van der Waals surface area contributed by atoms with Crippen molar-refractivity contribution in [2.45, 2.75) is 30.3 Å². The number of hydrogen-bond acceptors (Lipinski definition) is 5. The summed E-state index contributed by atoms with van der Waals surface area (Å²) in [5.41, 5.74) is 9.45. The van der Waals surface area contributed by atoms with Crippen LogP contribution in [0.1, 0.15) is 24.0 Å². The highest BCUT2D eigenvalue weighted by Crippen LogP contribution is 2.21. The summed E-state index contributed by atoms with van der Waals surface area (Å²) < 4.78 is 11.7. The highest BCUT2D eigenvalue weighted by atomic mass is 32.2. The Morgan fingerprint density at radius 2 is 2.19 bits per heavy atom. The lowest BCUT2D eigenvalue weighted by molar-refractivity contribution is 0.208. The number of benzene rings is 2. The summed E-state index contributed by atoms with van der Waals surface area (Å²) >= 11 is 0. The van der Waals surface area contributed by atoms with Crippen LogP contribution in [-0.2, 0) is 17.3 Å². The molecule has 2 aromatic carbocycles. The second-order valence-electron chi connectivity index (χ2n) is 6.81. The lowest BCUT2D eigenvalue weighted by atomic mass is 10.0. The van der Waals surface area contributed by atoms with E-state index in [0.717, 1.165) is 48.6 Å². The number of piperidine rings is 1. The number of nitrogens with one attached hydrogen (secondary N) is 2. The topological polar surface area (TPSA) is 82.2 Å². The van der Waals surface area contributed by atoms with Crippen molar-refractivity contribution in [3.63, 3.8) is 0 Å². The molecule has 1 heterocycles. The Morgan fingerprint density at radius 1 is 1.35 bits per heavy atom. The third-order valence-corrected chi connectivity index (χ3v) is 5.67. The molecule has 0 aromatic heterocycles. The Balaban J connectivity index is 1.63. The zero-order valence-corrected chi connectivity index (χ0v) is 15.9. The van der Waals surface area contributed by atoms with Gasteiger partial charge in [0.1, 0.15) is 0 Å². The number of anilines is 2. The monoisotopic (exact) mass is 370 g/mol. The largest absolute Gasteiger partial charge is 0.398 e. The molecule has 2 atom stereocenters. The second kappa shape index (κ2) is 8.47. The third-order valence-electron chi connectivity index (χ3n) is 4.76. The summed E-state index contributed by atoms with van der Waals surface area (Å²) in [5.74, 6) is 0. The second-order valence-corrected chi connectivity index (χ2v) is 8.19. The molecule has 2 unspecified atom stereocenters. The van der Waals surface area contributed by atoms with Gasteiger partial charge in [0, 0.05) is 64.2 Å². The predicted molar refractivity (Wildman–Crippen MR) is 109 cm³/mol. The Morgan fingerprint density at radius 3 is 2.96 bits per heavy atom. The molecule has 1 saturated heterocycles. The van der Waals surface area contributed by atoms with Crippen LogP contribution in [0.3, 0.4) is 0 Å². The first-order valence-corrected chi connectivity index (χ1v) is 10.4. The van der Waals surface area contributed by atoms with Crippen molar-refractivity contribution in [3.05, 3.63) is 53.6 Å². The van der Waals surface area contributed by atoms with Gasteiger partial charge in [0.15, 0.2) is 0 Å². The van der Waals surface area contributed by atoms with Gasteiger partial charge in [-0.3, -0.25) is 9.11 Å². The van der Waals surface area contributed by atoms with Crippen LogP contribution in [0.4, 0.5) is 11.4 Å². The maximum absolute atomic E-state index is 11.7. The first kappa shape index (κ1) is 18.6. The molecule has 1 aliphatic rings.